The highest BCUT2D eigenvalue weighted by atomic mass is 35.5. The maximum atomic E-state index is 13.8. The molecule has 2 aromatic carbocycles. The third-order valence-electron chi connectivity index (χ3n) is 12.2. The molecule has 0 radical (unpaired) electrons. The molecule has 14 nitrogen and oxygen atoms in total. The van der Waals surface area contributed by atoms with Crippen molar-refractivity contribution in [3.63, 3.8) is 0 Å². The second-order valence-electron chi connectivity index (χ2n) is 17.7. The highest BCUT2D eigenvalue weighted by molar-refractivity contribution is 6.34. The van der Waals surface area contributed by atoms with Crippen LogP contribution in [0.2, 0.25) is 5.02 Å². The molecule has 3 N–H and O–H groups in total. The molecule has 3 fully saturated rings. The fourth-order valence-electron chi connectivity index (χ4n) is 8.19. The zero-order chi connectivity index (χ0) is 45.2. The Morgan fingerprint density at radius 3 is 2.32 bits per heavy atom. The number of imidazole rings is 1. The van der Waals surface area contributed by atoms with Crippen LogP contribution in [0, 0.1) is 23.2 Å². The zero-order valence-electron chi connectivity index (χ0n) is 36.2. The Morgan fingerprint density at radius 1 is 1.00 bits per heavy atom. The number of hydrogen-bond donors (Lipinski definition) is 3. The number of alkyl halides is 3. The molecule has 7 rings (SSSR count). The molecular weight excluding hydrogens is 841 g/mol. The largest absolute Gasteiger partial charge is 0.573 e. The summed E-state index contributed by atoms with van der Waals surface area (Å²) in [5.41, 5.74) is 2.23. The first-order valence-corrected chi connectivity index (χ1v) is 21.5. The normalized spacial score (nSPS) is 20.4. The first-order valence-electron chi connectivity index (χ1n) is 21.1. The number of piperazine rings is 1. The number of ether oxygens (including phenoxy) is 3. The number of aromatic nitrogens is 3. The van der Waals surface area contributed by atoms with E-state index >= 15 is 0 Å². The van der Waals surface area contributed by atoms with Gasteiger partial charge in [0.25, 0.3) is 5.91 Å². The monoisotopic (exact) mass is 894 g/mol. The van der Waals surface area contributed by atoms with Gasteiger partial charge in [0.2, 0.25) is 5.91 Å². The van der Waals surface area contributed by atoms with Gasteiger partial charge in [-0.05, 0) is 65.3 Å². The summed E-state index contributed by atoms with van der Waals surface area (Å²) in [6.07, 6.45) is -0.826. The summed E-state index contributed by atoms with van der Waals surface area (Å²) in [5, 5.41) is 5.26. The second kappa shape index (κ2) is 18.8. The van der Waals surface area contributed by atoms with Gasteiger partial charge >= 0.3 is 12.5 Å². The number of likely N-dealkylation sites (tertiary alicyclic amines) is 1. The first-order chi connectivity index (χ1) is 29.9. The number of rotatable bonds is 14. The predicted octanol–water partition coefficient (Wildman–Crippen LogP) is 8.38. The van der Waals surface area contributed by atoms with Crippen molar-refractivity contribution in [3.8, 4) is 28.1 Å². The van der Waals surface area contributed by atoms with Gasteiger partial charge < -0.3 is 39.6 Å². The first kappa shape index (κ1) is 45.6. The number of anilines is 2. The van der Waals surface area contributed by atoms with Crippen molar-refractivity contribution >= 4 is 41.0 Å². The standard InChI is InChI=1S/C45H54ClF3N8O6/c1-26(2)39(54-43(60)61-6)42(59)57-23-27(3)17-36(57)40-51-22-35(52-40)29-9-7-28(8-10-29)32-18-33(46)34(19-37(32)63-45(47,48)49)53-41(58)30-11-12-38(50-21-30)56-15-13-55(14-16-56)25-62-24-31-20-44(31,4)5/h7-12,18-19,21-22,26-27,31,36,39H,13-17,20,23-25H2,1-6H3,(H,51,52)(H,53,58)(H,54,60)/t27-,31+,36-,39-/m0/s1. The van der Waals surface area contributed by atoms with Crippen LogP contribution in [0.4, 0.5) is 29.5 Å². The van der Waals surface area contributed by atoms with E-state index in [0.29, 0.717) is 59.5 Å². The lowest BCUT2D eigenvalue weighted by molar-refractivity contribution is -0.274. The molecule has 4 heterocycles. The third kappa shape index (κ3) is 11.0. The Labute approximate surface area is 369 Å². The van der Waals surface area contributed by atoms with Crippen LogP contribution in [0.25, 0.3) is 22.4 Å². The number of pyridine rings is 1. The van der Waals surface area contributed by atoms with Crippen LogP contribution in [-0.2, 0) is 14.3 Å². The van der Waals surface area contributed by atoms with Crippen molar-refractivity contribution in [2.45, 2.75) is 65.9 Å². The number of amides is 3. The number of carbonyl (C=O) groups excluding carboxylic acids is 3. The Bertz CT molecular complexity index is 2260. The van der Waals surface area contributed by atoms with Crippen LogP contribution in [0.3, 0.4) is 0 Å². The molecule has 63 heavy (non-hydrogen) atoms. The summed E-state index contributed by atoms with van der Waals surface area (Å²) < 4.78 is 56.5. The second-order valence-corrected chi connectivity index (χ2v) is 18.1. The quantitative estimate of drug-likeness (QED) is 0.113. The summed E-state index contributed by atoms with van der Waals surface area (Å²) in [6, 6.07) is 11.2. The van der Waals surface area contributed by atoms with Gasteiger partial charge in [-0.15, -0.1) is 13.2 Å². The highest BCUT2D eigenvalue weighted by Crippen LogP contribution is 2.51. The van der Waals surface area contributed by atoms with E-state index in [1.165, 1.54) is 25.8 Å². The number of hydrogen-bond acceptors (Lipinski definition) is 10. The molecule has 3 aliphatic rings. The molecule has 0 bridgehead atoms. The maximum absolute atomic E-state index is 13.8. The van der Waals surface area contributed by atoms with Crippen LogP contribution in [0.5, 0.6) is 5.75 Å². The third-order valence-corrected chi connectivity index (χ3v) is 12.5. The van der Waals surface area contributed by atoms with Crippen molar-refractivity contribution < 1.29 is 41.8 Å². The molecule has 0 spiro atoms. The molecule has 3 amide bonds. The molecule has 18 heteroatoms. The van der Waals surface area contributed by atoms with E-state index in [4.69, 9.17) is 21.1 Å². The number of methoxy groups -OCH3 is 1. The van der Waals surface area contributed by atoms with Gasteiger partial charge in [0.1, 0.15) is 23.4 Å². The van der Waals surface area contributed by atoms with Gasteiger partial charge in [0.05, 0.1) is 54.7 Å². The molecule has 0 unspecified atom stereocenters. The lowest BCUT2D eigenvalue weighted by atomic mass is 10.0. The van der Waals surface area contributed by atoms with Crippen LogP contribution in [0.15, 0.2) is 60.9 Å². The van der Waals surface area contributed by atoms with Crippen LogP contribution < -0.4 is 20.3 Å². The minimum absolute atomic E-state index is 0.00572. The average Bonchev–Trinajstić information content (AvgIpc) is 3.54. The maximum Gasteiger partial charge on any atom is 0.573 e. The Kier molecular flexibility index (Phi) is 13.6. The minimum atomic E-state index is -5.04. The van der Waals surface area contributed by atoms with E-state index in [1.807, 2.05) is 20.8 Å². The Hall–Kier alpha value is -5.39. The van der Waals surface area contributed by atoms with E-state index in [1.54, 1.807) is 47.5 Å². The summed E-state index contributed by atoms with van der Waals surface area (Å²) in [6.45, 7) is 15.2. The molecule has 1 aliphatic carbocycles. The van der Waals surface area contributed by atoms with E-state index < -0.39 is 30.2 Å². The summed E-state index contributed by atoms with van der Waals surface area (Å²) in [5.74, 6) is 0.472. The number of carbonyl (C=O) groups is 3. The van der Waals surface area contributed by atoms with Gasteiger partial charge in [0, 0.05) is 50.6 Å². The van der Waals surface area contributed by atoms with Gasteiger partial charge in [-0.3, -0.25) is 14.5 Å². The topological polar surface area (TPSA) is 154 Å². The summed E-state index contributed by atoms with van der Waals surface area (Å²) in [4.78, 5) is 57.6. The number of H-pyrrole nitrogens is 1. The number of alkyl carbamates (subject to hydrolysis) is 1. The Balaban J connectivity index is 1.01. The molecular formula is C45H54ClF3N8O6. The van der Waals surface area contributed by atoms with Gasteiger partial charge in [-0.1, -0.05) is 70.5 Å². The average molecular weight is 895 g/mol. The van der Waals surface area contributed by atoms with Gasteiger partial charge in [-0.2, -0.15) is 0 Å². The summed E-state index contributed by atoms with van der Waals surface area (Å²) >= 11 is 6.61. The number of nitrogens with one attached hydrogen (secondary N) is 3. The number of benzene rings is 2. The molecule has 4 atom stereocenters. The van der Waals surface area contributed by atoms with Crippen LogP contribution in [0.1, 0.15) is 69.7 Å². The van der Waals surface area contributed by atoms with Crippen LogP contribution in [-0.4, -0.2) is 108 Å². The van der Waals surface area contributed by atoms with Crippen molar-refractivity contribution in [1.82, 2.24) is 30.1 Å². The predicted molar refractivity (Wildman–Crippen MR) is 232 cm³/mol. The Morgan fingerprint density at radius 2 is 1.70 bits per heavy atom. The van der Waals surface area contributed by atoms with Crippen molar-refractivity contribution in [1.29, 1.82) is 0 Å². The molecule has 338 valence electrons. The molecule has 2 aliphatic heterocycles. The van der Waals surface area contributed by atoms with Crippen molar-refractivity contribution in [3.05, 3.63) is 77.3 Å². The molecule has 2 aromatic heterocycles. The SMILES string of the molecule is COC(=O)N[C@H](C(=O)N1C[C@@H](C)C[C@H]1c1ncc(-c2ccc(-c3cc(Cl)c(NC(=O)c4ccc(N5CCN(COC[C@H]6CC6(C)C)CC5)nc4)cc3OC(F)(F)F)cc2)[nH]1)C(C)C. The van der Waals surface area contributed by atoms with E-state index in [-0.39, 0.29) is 45.6 Å². The number of aromatic amines is 1. The van der Waals surface area contributed by atoms with E-state index in [2.05, 4.69) is 54.0 Å². The molecule has 1 saturated carbocycles. The fourth-order valence-corrected chi connectivity index (χ4v) is 8.40. The van der Waals surface area contributed by atoms with Gasteiger partial charge in [0.15, 0.2) is 0 Å². The number of halogens is 4. The minimum Gasteiger partial charge on any atom is -0.453 e. The highest BCUT2D eigenvalue weighted by Gasteiger charge is 2.45. The molecule has 2 saturated heterocycles. The van der Waals surface area contributed by atoms with E-state index in [0.717, 1.165) is 38.9 Å². The van der Waals surface area contributed by atoms with Crippen molar-refractivity contribution in [2.24, 2.45) is 23.2 Å². The smallest absolute Gasteiger partial charge is 0.453 e. The number of nitrogens with zero attached hydrogens (tertiary/aromatic N) is 5. The zero-order valence-corrected chi connectivity index (χ0v) is 37.0. The van der Waals surface area contributed by atoms with Crippen LogP contribution >= 0.6 is 11.6 Å². The lowest BCUT2D eigenvalue weighted by Crippen LogP contribution is -2.51. The van der Waals surface area contributed by atoms with Gasteiger partial charge in [-0.25, -0.2) is 14.8 Å². The molecule has 4 aromatic rings. The fraction of sp³-hybridized carbons (Fsp3) is 0.489. The summed E-state index contributed by atoms with van der Waals surface area (Å²) in [7, 11) is 1.24. The van der Waals surface area contributed by atoms with E-state index in [9.17, 15) is 27.6 Å². The van der Waals surface area contributed by atoms with Crippen molar-refractivity contribution in [2.75, 3.05) is 63.4 Å². The lowest BCUT2D eigenvalue weighted by Gasteiger charge is -2.35.